The summed E-state index contributed by atoms with van der Waals surface area (Å²) in [6, 6.07) is -0.157. The molecule has 2 rings (SSSR count). The summed E-state index contributed by atoms with van der Waals surface area (Å²) in [6.45, 7) is 3.54. The lowest BCUT2D eigenvalue weighted by Gasteiger charge is -2.22. The van der Waals surface area contributed by atoms with Crippen LogP contribution < -0.4 is 10.9 Å². The number of anilines is 1. The van der Waals surface area contributed by atoms with Crippen molar-refractivity contribution in [3.63, 3.8) is 0 Å². The number of nitrogens with zero attached hydrogens (tertiary/aromatic N) is 2. The third-order valence-corrected chi connectivity index (χ3v) is 3.87. The Kier molecular flexibility index (Phi) is 3.40. The Morgan fingerprint density at radius 2 is 2.05 bits per heavy atom. The topological polar surface area (TPSA) is 46.9 Å². The van der Waals surface area contributed by atoms with Gasteiger partial charge in [0.25, 0.3) is 5.56 Å². The van der Waals surface area contributed by atoms with Gasteiger partial charge in [-0.05, 0) is 42.6 Å². The molecule has 0 aliphatic heterocycles. The predicted molar refractivity (Wildman–Crippen MR) is 68.2 cm³/mol. The first-order valence-corrected chi connectivity index (χ1v) is 6.59. The van der Waals surface area contributed by atoms with Crippen molar-refractivity contribution in [2.75, 3.05) is 5.32 Å². The average Bonchev–Trinajstić information content (AvgIpc) is 3.05. The minimum Gasteiger partial charge on any atom is -0.369 e. The highest BCUT2D eigenvalue weighted by atomic mass is 79.9. The van der Waals surface area contributed by atoms with Crippen LogP contribution >= 0.6 is 15.9 Å². The fourth-order valence-corrected chi connectivity index (χ4v) is 2.15. The highest BCUT2D eigenvalue weighted by Gasteiger charge is 2.63. The van der Waals surface area contributed by atoms with Crippen molar-refractivity contribution in [1.82, 2.24) is 9.78 Å². The van der Waals surface area contributed by atoms with Crippen LogP contribution in [0.25, 0.3) is 0 Å². The van der Waals surface area contributed by atoms with Gasteiger partial charge in [0.15, 0.2) is 0 Å². The molecule has 0 bridgehead atoms. The third-order valence-electron chi connectivity index (χ3n) is 3.10. The summed E-state index contributed by atoms with van der Waals surface area (Å²) in [7, 11) is 0. The van der Waals surface area contributed by atoms with Crippen LogP contribution in [0.4, 0.5) is 18.9 Å². The standard InChI is InChI=1S/C11H13BrF3N3O/c1-6(2)18-9(19)8(12)7(5-16-18)17-10(3-4-10)11(13,14)15/h5-6,17H,3-4H2,1-2H3. The molecular formula is C11H13BrF3N3O. The van der Waals surface area contributed by atoms with Crippen LogP contribution in [0.1, 0.15) is 32.7 Å². The van der Waals surface area contributed by atoms with Gasteiger partial charge in [-0.2, -0.15) is 18.3 Å². The normalized spacial score (nSPS) is 17.6. The van der Waals surface area contributed by atoms with Gasteiger partial charge in [-0.3, -0.25) is 4.79 Å². The highest BCUT2D eigenvalue weighted by molar-refractivity contribution is 9.10. The lowest BCUT2D eigenvalue weighted by molar-refractivity contribution is -0.151. The maximum absolute atomic E-state index is 12.8. The number of aromatic nitrogens is 2. The van der Waals surface area contributed by atoms with E-state index in [2.05, 4.69) is 26.3 Å². The molecule has 0 radical (unpaired) electrons. The van der Waals surface area contributed by atoms with Crippen LogP contribution in [0, 0.1) is 0 Å². The van der Waals surface area contributed by atoms with E-state index >= 15 is 0 Å². The fraction of sp³-hybridized carbons (Fsp3) is 0.636. The molecule has 1 saturated carbocycles. The van der Waals surface area contributed by atoms with Crippen LogP contribution in [0.15, 0.2) is 15.5 Å². The average molecular weight is 340 g/mol. The summed E-state index contributed by atoms with van der Waals surface area (Å²) >= 11 is 3.04. The van der Waals surface area contributed by atoms with Gasteiger partial charge < -0.3 is 5.32 Å². The van der Waals surface area contributed by atoms with Gasteiger partial charge >= 0.3 is 6.18 Å². The number of rotatable bonds is 3. The second kappa shape index (κ2) is 4.50. The van der Waals surface area contributed by atoms with E-state index in [1.165, 1.54) is 10.9 Å². The Morgan fingerprint density at radius 1 is 1.47 bits per heavy atom. The number of halogens is 4. The largest absolute Gasteiger partial charge is 0.411 e. The van der Waals surface area contributed by atoms with Gasteiger partial charge in [0, 0.05) is 0 Å². The molecule has 0 unspecified atom stereocenters. The quantitative estimate of drug-likeness (QED) is 0.920. The van der Waals surface area contributed by atoms with Crippen molar-refractivity contribution in [1.29, 1.82) is 0 Å². The lowest BCUT2D eigenvalue weighted by Crippen LogP contribution is -2.39. The van der Waals surface area contributed by atoms with E-state index in [1.54, 1.807) is 13.8 Å². The van der Waals surface area contributed by atoms with Gasteiger partial charge in [0.2, 0.25) is 0 Å². The first kappa shape index (κ1) is 14.4. The SMILES string of the molecule is CC(C)n1ncc(NC2(C(F)(F)F)CC2)c(Br)c1=O. The Bertz CT molecular complexity index is 549. The van der Waals surface area contributed by atoms with Crippen LogP contribution in [0.3, 0.4) is 0 Å². The van der Waals surface area contributed by atoms with E-state index in [-0.39, 0.29) is 29.0 Å². The zero-order valence-electron chi connectivity index (χ0n) is 10.4. The Balaban J connectivity index is 2.34. The molecule has 1 aromatic heterocycles. The first-order valence-electron chi connectivity index (χ1n) is 5.80. The van der Waals surface area contributed by atoms with E-state index in [9.17, 15) is 18.0 Å². The second-order valence-electron chi connectivity index (χ2n) is 4.92. The lowest BCUT2D eigenvalue weighted by atomic mass is 10.2. The van der Waals surface area contributed by atoms with E-state index in [0.29, 0.717) is 0 Å². The molecule has 8 heteroatoms. The van der Waals surface area contributed by atoms with E-state index in [1.807, 2.05) is 0 Å². The maximum atomic E-state index is 12.8. The zero-order chi connectivity index (χ0) is 14.4. The third kappa shape index (κ3) is 2.50. The van der Waals surface area contributed by atoms with Gasteiger partial charge in [0.05, 0.1) is 17.9 Å². The highest BCUT2D eigenvalue weighted by Crippen LogP contribution is 2.51. The van der Waals surface area contributed by atoms with Crippen molar-refractivity contribution in [3.05, 3.63) is 21.0 Å². The van der Waals surface area contributed by atoms with Crippen molar-refractivity contribution in [2.45, 2.75) is 44.4 Å². The Morgan fingerprint density at radius 3 is 2.47 bits per heavy atom. The maximum Gasteiger partial charge on any atom is 0.411 e. The summed E-state index contributed by atoms with van der Waals surface area (Å²) < 4.78 is 39.8. The number of hydrogen-bond donors (Lipinski definition) is 1. The molecule has 1 aromatic rings. The molecule has 0 aromatic carbocycles. The number of alkyl halides is 3. The van der Waals surface area contributed by atoms with Gasteiger partial charge in [-0.15, -0.1) is 0 Å². The summed E-state index contributed by atoms with van der Waals surface area (Å²) in [5, 5.41) is 6.27. The summed E-state index contributed by atoms with van der Waals surface area (Å²) in [5.41, 5.74) is -2.28. The molecule has 0 saturated heterocycles. The van der Waals surface area contributed by atoms with Gasteiger partial charge in [-0.1, -0.05) is 0 Å². The van der Waals surface area contributed by atoms with Crippen molar-refractivity contribution in [2.24, 2.45) is 0 Å². The summed E-state index contributed by atoms with van der Waals surface area (Å²) in [6.07, 6.45) is -3.07. The number of hydrogen-bond acceptors (Lipinski definition) is 3. The molecule has 1 aliphatic rings. The van der Waals surface area contributed by atoms with Crippen LogP contribution in [-0.4, -0.2) is 21.5 Å². The van der Waals surface area contributed by atoms with E-state index in [4.69, 9.17) is 0 Å². The summed E-state index contributed by atoms with van der Waals surface area (Å²) in [5.74, 6) is 0. The van der Waals surface area contributed by atoms with E-state index in [0.717, 1.165) is 0 Å². The smallest absolute Gasteiger partial charge is 0.369 e. The van der Waals surface area contributed by atoms with Crippen LogP contribution in [0.2, 0.25) is 0 Å². The molecule has 1 aliphatic carbocycles. The Hall–Kier alpha value is -1.05. The van der Waals surface area contributed by atoms with Crippen LogP contribution in [0.5, 0.6) is 0 Å². The second-order valence-corrected chi connectivity index (χ2v) is 5.71. The van der Waals surface area contributed by atoms with Gasteiger partial charge in [0.1, 0.15) is 10.0 Å². The minimum atomic E-state index is -4.33. The molecular weight excluding hydrogens is 327 g/mol. The molecule has 1 N–H and O–H groups in total. The summed E-state index contributed by atoms with van der Waals surface area (Å²) in [4.78, 5) is 11.9. The Labute approximate surface area is 116 Å². The monoisotopic (exact) mass is 339 g/mol. The predicted octanol–water partition coefficient (Wildman–Crippen LogP) is 3.09. The zero-order valence-corrected chi connectivity index (χ0v) is 12.0. The van der Waals surface area contributed by atoms with Gasteiger partial charge in [-0.25, -0.2) is 4.68 Å². The van der Waals surface area contributed by atoms with Crippen molar-refractivity contribution < 1.29 is 13.2 Å². The van der Waals surface area contributed by atoms with Crippen molar-refractivity contribution >= 4 is 21.6 Å². The number of nitrogens with one attached hydrogen (secondary N) is 1. The molecule has 19 heavy (non-hydrogen) atoms. The molecule has 1 heterocycles. The fourth-order valence-electron chi connectivity index (χ4n) is 1.76. The molecule has 0 atom stereocenters. The minimum absolute atomic E-state index is 0.0101. The molecule has 4 nitrogen and oxygen atoms in total. The molecule has 0 spiro atoms. The van der Waals surface area contributed by atoms with Crippen LogP contribution in [-0.2, 0) is 0 Å². The van der Waals surface area contributed by atoms with Crippen molar-refractivity contribution in [3.8, 4) is 0 Å². The molecule has 0 amide bonds. The molecule has 1 fully saturated rings. The first-order chi connectivity index (χ1) is 8.68. The van der Waals surface area contributed by atoms with E-state index < -0.39 is 17.3 Å². The molecule has 106 valence electrons.